The molecule has 1 amide bonds. The van der Waals surface area contributed by atoms with E-state index in [1.807, 2.05) is 0 Å². The van der Waals surface area contributed by atoms with Crippen LogP contribution in [0.4, 0.5) is 4.39 Å². The van der Waals surface area contributed by atoms with Gasteiger partial charge in [-0.15, -0.1) is 0 Å². The monoisotopic (exact) mass is 421 g/mol. The molecular formula is C20H21ClFN3O4. The maximum Gasteiger partial charge on any atom is 0.259 e. The van der Waals surface area contributed by atoms with Crippen LogP contribution in [0, 0.1) is 5.82 Å². The lowest BCUT2D eigenvalue weighted by Crippen LogP contribution is -2.25. The van der Waals surface area contributed by atoms with E-state index in [1.54, 1.807) is 6.92 Å². The van der Waals surface area contributed by atoms with Gasteiger partial charge in [0, 0.05) is 5.56 Å². The number of carbonyl (C=O) groups is 1. The van der Waals surface area contributed by atoms with Crippen molar-refractivity contribution in [3.8, 4) is 22.8 Å². The average molecular weight is 422 g/mol. The molecule has 1 heterocycles. The van der Waals surface area contributed by atoms with E-state index in [0.29, 0.717) is 11.3 Å². The summed E-state index contributed by atoms with van der Waals surface area (Å²) in [6, 6.07) is 4.93. The van der Waals surface area contributed by atoms with Gasteiger partial charge in [-0.1, -0.05) is 18.2 Å². The molecule has 0 aliphatic heterocycles. The van der Waals surface area contributed by atoms with Gasteiger partial charge >= 0.3 is 0 Å². The molecule has 0 saturated carbocycles. The fraction of sp³-hybridized carbons (Fsp3) is 0.200. The van der Waals surface area contributed by atoms with Crippen molar-refractivity contribution >= 4 is 17.5 Å². The number of allylic oxidation sites excluding steroid dienone is 1. The molecule has 1 aromatic carbocycles. The molecule has 1 unspecified atom stereocenters. The Hall–Kier alpha value is -3.10. The molecule has 1 atom stereocenters. The quantitative estimate of drug-likeness (QED) is 0.419. The summed E-state index contributed by atoms with van der Waals surface area (Å²) < 4.78 is 19.9. The van der Waals surface area contributed by atoms with Crippen molar-refractivity contribution in [2.75, 3.05) is 7.11 Å². The van der Waals surface area contributed by atoms with Gasteiger partial charge in [-0.3, -0.25) is 4.79 Å². The van der Waals surface area contributed by atoms with Crippen LogP contribution in [-0.4, -0.2) is 28.2 Å². The minimum absolute atomic E-state index is 0.0591. The summed E-state index contributed by atoms with van der Waals surface area (Å²) >= 11 is 5.72. The van der Waals surface area contributed by atoms with Gasteiger partial charge in [0.25, 0.3) is 5.91 Å². The first kappa shape index (κ1) is 22.2. The van der Waals surface area contributed by atoms with Crippen LogP contribution in [0.2, 0.25) is 0 Å². The number of halogens is 2. The molecule has 7 nitrogen and oxygen atoms in total. The molecule has 5 N–H and O–H groups in total. The van der Waals surface area contributed by atoms with E-state index < -0.39 is 23.6 Å². The fourth-order valence-electron chi connectivity index (χ4n) is 2.58. The predicted octanol–water partition coefficient (Wildman–Crippen LogP) is 3.33. The summed E-state index contributed by atoms with van der Waals surface area (Å²) in [6.45, 7) is 6.71. The minimum Gasteiger partial charge on any atom is -0.507 e. The number of phenols is 1. The number of aliphatic hydroxyl groups is 1. The molecule has 2 aromatic rings. The van der Waals surface area contributed by atoms with Gasteiger partial charge in [0.15, 0.2) is 0 Å². The van der Waals surface area contributed by atoms with Crippen molar-refractivity contribution < 1.29 is 24.1 Å². The van der Waals surface area contributed by atoms with Crippen molar-refractivity contribution in [3.05, 3.63) is 64.3 Å². The summed E-state index contributed by atoms with van der Waals surface area (Å²) in [5.41, 5.74) is 5.91. The first-order chi connectivity index (χ1) is 13.6. The third kappa shape index (κ3) is 4.85. The van der Waals surface area contributed by atoms with Gasteiger partial charge in [0.1, 0.15) is 28.2 Å². The fourth-order valence-corrected chi connectivity index (χ4v) is 2.78. The van der Waals surface area contributed by atoms with E-state index in [2.05, 4.69) is 16.9 Å². The molecule has 0 saturated heterocycles. The number of pyridine rings is 1. The van der Waals surface area contributed by atoms with E-state index >= 15 is 0 Å². The number of aromatic nitrogens is 1. The number of nitrogens with zero attached hydrogens (tertiary/aromatic N) is 1. The van der Waals surface area contributed by atoms with Crippen molar-refractivity contribution in [1.82, 2.24) is 10.3 Å². The molecule has 9 heteroatoms. The second-order valence-corrected chi connectivity index (χ2v) is 6.67. The van der Waals surface area contributed by atoms with Crippen molar-refractivity contribution in [2.45, 2.75) is 20.0 Å². The first-order valence-corrected chi connectivity index (χ1v) is 8.83. The zero-order valence-electron chi connectivity index (χ0n) is 16.1. The third-order valence-corrected chi connectivity index (χ3v) is 4.20. The number of benzene rings is 1. The van der Waals surface area contributed by atoms with Gasteiger partial charge in [-0.2, -0.15) is 0 Å². The smallest absolute Gasteiger partial charge is 0.259 e. The van der Waals surface area contributed by atoms with E-state index in [4.69, 9.17) is 22.1 Å². The van der Waals surface area contributed by atoms with Crippen molar-refractivity contribution in [3.63, 3.8) is 0 Å². The van der Waals surface area contributed by atoms with Gasteiger partial charge < -0.3 is 26.0 Å². The highest BCUT2D eigenvalue weighted by Crippen LogP contribution is 2.32. The molecule has 0 aliphatic rings. The standard InChI is InChI=1S/C20H21ClFN3O4/c1-9(2)17(19(21)23)25-20(28)12-7-13(22)11(8-15(12)27)14-5-6-16(29-4)18(24-14)10(3)26/h5-8,10,26-27H,1,23H2,2-4H3,(H,25,28)/b19-17+. The summed E-state index contributed by atoms with van der Waals surface area (Å²) in [5.74, 6) is -1.77. The van der Waals surface area contributed by atoms with Crippen LogP contribution < -0.4 is 15.8 Å². The average Bonchev–Trinajstić information content (AvgIpc) is 2.66. The van der Waals surface area contributed by atoms with Gasteiger partial charge in [0.2, 0.25) is 0 Å². The number of aromatic hydroxyl groups is 1. The SMILES string of the molecule is C=C(C)/C(NC(=O)c1cc(F)c(-c2ccc(OC)c(C(C)O)n2)cc1O)=C(\N)Cl. The van der Waals surface area contributed by atoms with Gasteiger partial charge in [0.05, 0.1) is 30.2 Å². The van der Waals surface area contributed by atoms with Crippen molar-refractivity contribution in [2.24, 2.45) is 5.73 Å². The number of phenolic OH excluding ortho intramolecular Hbond substituents is 1. The van der Waals surface area contributed by atoms with Gasteiger partial charge in [-0.05, 0) is 43.7 Å². The Kier molecular flexibility index (Phi) is 6.84. The Morgan fingerprint density at radius 1 is 1.41 bits per heavy atom. The molecule has 0 aliphatic carbocycles. The molecule has 0 spiro atoms. The molecule has 0 radical (unpaired) electrons. The largest absolute Gasteiger partial charge is 0.507 e. The van der Waals surface area contributed by atoms with Crippen LogP contribution in [0.3, 0.4) is 0 Å². The molecule has 1 aromatic heterocycles. The Bertz CT molecular complexity index is 1000. The summed E-state index contributed by atoms with van der Waals surface area (Å²) in [5, 5.41) is 22.3. The maximum atomic E-state index is 14.7. The Morgan fingerprint density at radius 2 is 2.07 bits per heavy atom. The first-order valence-electron chi connectivity index (χ1n) is 8.45. The molecule has 2 rings (SSSR count). The van der Waals surface area contributed by atoms with Crippen LogP contribution in [0.1, 0.15) is 36.0 Å². The number of aliphatic hydroxyl groups excluding tert-OH is 1. The van der Waals surface area contributed by atoms with Crippen LogP contribution in [0.5, 0.6) is 11.5 Å². The number of hydrogen-bond donors (Lipinski definition) is 4. The summed E-state index contributed by atoms with van der Waals surface area (Å²) in [4.78, 5) is 16.6. The predicted molar refractivity (Wildman–Crippen MR) is 108 cm³/mol. The normalized spacial score (nSPS) is 12.8. The van der Waals surface area contributed by atoms with Gasteiger partial charge in [-0.25, -0.2) is 9.37 Å². The number of nitrogens with two attached hydrogens (primary N) is 1. The number of carbonyl (C=O) groups excluding carboxylic acids is 1. The molecule has 0 bridgehead atoms. The van der Waals surface area contributed by atoms with E-state index in [9.17, 15) is 19.4 Å². The minimum atomic E-state index is -0.958. The second-order valence-electron chi connectivity index (χ2n) is 6.27. The van der Waals surface area contributed by atoms with Crippen LogP contribution >= 0.6 is 11.6 Å². The lowest BCUT2D eigenvalue weighted by atomic mass is 10.0. The highest BCUT2D eigenvalue weighted by Gasteiger charge is 2.20. The topological polar surface area (TPSA) is 118 Å². The maximum absolute atomic E-state index is 14.7. The van der Waals surface area contributed by atoms with E-state index in [1.165, 1.54) is 26.2 Å². The highest BCUT2D eigenvalue weighted by molar-refractivity contribution is 6.29. The molecule has 154 valence electrons. The zero-order chi connectivity index (χ0) is 21.9. The van der Waals surface area contributed by atoms with Crippen LogP contribution in [0.25, 0.3) is 11.3 Å². The number of ether oxygens (including phenoxy) is 1. The molecule has 29 heavy (non-hydrogen) atoms. The lowest BCUT2D eigenvalue weighted by Gasteiger charge is -2.14. The summed E-state index contributed by atoms with van der Waals surface area (Å²) in [6.07, 6.45) is -0.958. The van der Waals surface area contributed by atoms with E-state index in [0.717, 1.165) is 12.1 Å². The Labute approximate surface area is 172 Å². The number of nitrogens with one attached hydrogen (secondary N) is 1. The Balaban J connectivity index is 2.47. The van der Waals surface area contributed by atoms with Crippen LogP contribution in [-0.2, 0) is 0 Å². The number of rotatable bonds is 6. The third-order valence-electron chi connectivity index (χ3n) is 4.01. The van der Waals surface area contributed by atoms with E-state index in [-0.39, 0.29) is 33.4 Å². The molecular weight excluding hydrogens is 401 g/mol. The van der Waals surface area contributed by atoms with Crippen LogP contribution in [0.15, 0.2) is 47.3 Å². The number of amides is 1. The zero-order valence-corrected chi connectivity index (χ0v) is 16.8. The Morgan fingerprint density at radius 3 is 2.59 bits per heavy atom. The summed E-state index contributed by atoms with van der Waals surface area (Å²) in [7, 11) is 1.42. The number of methoxy groups -OCH3 is 1. The second kappa shape index (κ2) is 8.93. The highest BCUT2D eigenvalue weighted by atomic mass is 35.5. The number of hydrogen-bond acceptors (Lipinski definition) is 6. The van der Waals surface area contributed by atoms with Crippen molar-refractivity contribution in [1.29, 1.82) is 0 Å². The lowest BCUT2D eigenvalue weighted by molar-refractivity contribution is 0.0963. The molecule has 0 fully saturated rings.